The summed E-state index contributed by atoms with van der Waals surface area (Å²) in [5.74, 6) is -0.498. The molecule has 0 saturated carbocycles. The van der Waals surface area contributed by atoms with Gasteiger partial charge in [-0.15, -0.1) is 0 Å². The summed E-state index contributed by atoms with van der Waals surface area (Å²) < 4.78 is 62.2. The number of rotatable bonds is 9. The molecule has 0 saturated heterocycles. The predicted molar refractivity (Wildman–Crippen MR) is 73.8 cm³/mol. The molecule has 0 rings (SSSR count). The smallest absolute Gasteiger partial charge is 0.329 e. The van der Waals surface area contributed by atoms with Crippen molar-refractivity contribution in [1.82, 2.24) is 4.31 Å². The van der Waals surface area contributed by atoms with Crippen LogP contribution in [-0.2, 0) is 10.0 Å². The van der Waals surface area contributed by atoms with E-state index in [0.29, 0.717) is 12.8 Å². The summed E-state index contributed by atoms with van der Waals surface area (Å²) in [5, 5.41) is 0. The molecule has 0 aromatic heterocycles. The summed E-state index contributed by atoms with van der Waals surface area (Å²) >= 11 is 0. The number of sulfonamides is 1. The summed E-state index contributed by atoms with van der Waals surface area (Å²) in [6.45, 7) is 5.79. The van der Waals surface area contributed by atoms with Gasteiger partial charge in [-0.25, -0.2) is 8.42 Å². The Kier molecular flexibility index (Phi) is 7.48. The highest BCUT2D eigenvalue weighted by atomic mass is 32.2. The van der Waals surface area contributed by atoms with E-state index in [2.05, 4.69) is 0 Å². The highest BCUT2D eigenvalue weighted by Crippen LogP contribution is 2.26. The van der Waals surface area contributed by atoms with Gasteiger partial charge in [-0.05, 0) is 26.2 Å². The molecule has 0 heterocycles. The first-order valence-corrected chi connectivity index (χ1v) is 8.40. The monoisotopic (exact) mass is 318 g/mol. The SMILES string of the molecule is CCCN(C(C)(CC)CN)S(=O)(=O)CCCC(F)(F)F. The maximum Gasteiger partial charge on any atom is 0.389 e. The third-order valence-electron chi connectivity index (χ3n) is 3.43. The van der Waals surface area contributed by atoms with Crippen LogP contribution in [0.3, 0.4) is 0 Å². The van der Waals surface area contributed by atoms with Crippen molar-refractivity contribution in [3.8, 4) is 0 Å². The molecule has 1 atom stereocenters. The van der Waals surface area contributed by atoms with Gasteiger partial charge in [0, 0.05) is 25.0 Å². The fourth-order valence-corrected chi connectivity index (χ4v) is 4.00. The zero-order valence-electron chi connectivity index (χ0n) is 12.3. The van der Waals surface area contributed by atoms with Crippen molar-refractivity contribution in [1.29, 1.82) is 0 Å². The van der Waals surface area contributed by atoms with E-state index in [9.17, 15) is 21.6 Å². The van der Waals surface area contributed by atoms with Crippen LogP contribution in [0, 0.1) is 0 Å². The summed E-state index contributed by atoms with van der Waals surface area (Å²) in [6.07, 6.45) is -4.73. The Bertz CT molecular complexity index is 379. The quantitative estimate of drug-likeness (QED) is 0.710. The number of hydrogen-bond acceptors (Lipinski definition) is 3. The summed E-state index contributed by atoms with van der Waals surface area (Å²) in [4.78, 5) is 0. The standard InChI is InChI=1S/C12H25F3N2O2S/c1-4-8-17(11(3,5-2)10-16)20(18,19)9-6-7-12(13,14)15/h4-10,16H2,1-3H3. The van der Waals surface area contributed by atoms with Gasteiger partial charge in [-0.3, -0.25) is 0 Å². The molecule has 0 radical (unpaired) electrons. The fourth-order valence-electron chi connectivity index (χ4n) is 1.94. The molecule has 0 amide bonds. The summed E-state index contributed by atoms with van der Waals surface area (Å²) in [6, 6.07) is 0. The molecule has 20 heavy (non-hydrogen) atoms. The topological polar surface area (TPSA) is 63.4 Å². The van der Waals surface area contributed by atoms with E-state index >= 15 is 0 Å². The first-order valence-electron chi connectivity index (χ1n) is 6.79. The van der Waals surface area contributed by atoms with Gasteiger partial charge in [0.2, 0.25) is 10.0 Å². The molecule has 0 aliphatic carbocycles. The lowest BCUT2D eigenvalue weighted by Crippen LogP contribution is -2.54. The fraction of sp³-hybridized carbons (Fsp3) is 1.00. The Hall–Kier alpha value is -0.340. The van der Waals surface area contributed by atoms with Gasteiger partial charge in [0.25, 0.3) is 0 Å². The summed E-state index contributed by atoms with van der Waals surface area (Å²) in [7, 11) is -3.74. The molecular formula is C12H25F3N2O2S. The number of hydrogen-bond donors (Lipinski definition) is 1. The molecule has 0 aliphatic rings. The minimum Gasteiger partial charge on any atom is -0.329 e. The molecule has 0 aromatic carbocycles. The van der Waals surface area contributed by atoms with Crippen LogP contribution in [0.1, 0.15) is 46.5 Å². The number of halogens is 3. The Balaban J connectivity index is 4.98. The Morgan fingerprint density at radius 1 is 1.20 bits per heavy atom. The zero-order chi connectivity index (χ0) is 16.0. The lowest BCUT2D eigenvalue weighted by molar-refractivity contribution is -0.134. The molecule has 0 spiro atoms. The van der Waals surface area contributed by atoms with Gasteiger partial charge in [-0.2, -0.15) is 17.5 Å². The van der Waals surface area contributed by atoms with Crippen LogP contribution in [-0.4, -0.2) is 43.3 Å². The average Bonchev–Trinajstić information content (AvgIpc) is 2.33. The Morgan fingerprint density at radius 3 is 2.10 bits per heavy atom. The molecule has 8 heteroatoms. The van der Waals surface area contributed by atoms with Crippen molar-refractivity contribution in [3.05, 3.63) is 0 Å². The van der Waals surface area contributed by atoms with Crippen molar-refractivity contribution < 1.29 is 21.6 Å². The van der Waals surface area contributed by atoms with E-state index in [1.54, 1.807) is 6.92 Å². The Labute approximate surface area is 119 Å². The molecule has 1 unspecified atom stereocenters. The van der Waals surface area contributed by atoms with Gasteiger partial charge in [0.1, 0.15) is 0 Å². The van der Waals surface area contributed by atoms with Gasteiger partial charge < -0.3 is 5.73 Å². The third kappa shape index (κ3) is 5.97. The van der Waals surface area contributed by atoms with Crippen LogP contribution < -0.4 is 5.73 Å². The highest BCUT2D eigenvalue weighted by molar-refractivity contribution is 7.89. The number of alkyl halides is 3. The molecule has 122 valence electrons. The minimum absolute atomic E-state index is 0.141. The second kappa shape index (κ2) is 7.61. The molecular weight excluding hydrogens is 293 g/mol. The van der Waals surface area contributed by atoms with Crippen LogP contribution in [0.15, 0.2) is 0 Å². The van der Waals surface area contributed by atoms with E-state index in [1.165, 1.54) is 4.31 Å². The largest absolute Gasteiger partial charge is 0.389 e. The van der Waals surface area contributed by atoms with Crippen LogP contribution in [0.2, 0.25) is 0 Å². The number of nitrogens with zero attached hydrogens (tertiary/aromatic N) is 1. The number of nitrogens with two attached hydrogens (primary N) is 1. The van der Waals surface area contributed by atoms with Gasteiger partial charge in [-0.1, -0.05) is 13.8 Å². The van der Waals surface area contributed by atoms with Crippen molar-refractivity contribution in [2.45, 2.75) is 58.2 Å². The molecule has 0 aromatic rings. The minimum atomic E-state index is -4.33. The van der Waals surface area contributed by atoms with Gasteiger partial charge >= 0.3 is 6.18 Å². The van der Waals surface area contributed by atoms with E-state index in [4.69, 9.17) is 5.73 Å². The van der Waals surface area contributed by atoms with Crippen molar-refractivity contribution in [2.75, 3.05) is 18.8 Å². The molecule has 4 nitrogen and oxygen atoms in total. The molecule has 0 fully saturated rings. The Morgan fingerprint density at radius 2 is 1.75 bits per heavy atom. The van der Waals surface area contributed by atoms with Gasteiger partial charge in [0.15, 0.2) is 0 Å². The van der Waals surface area contributed by atoms with Crippen LogP contribution in [0.5, 0.6) is 0 Å². The predicted octanol–water partition coefficient (Wildman–Crippen LogP) is 2.50. The van der Waals surface area contributed by atoms with E-state index in [0.717, 1.165) is 0 Å². The maximum atomic E-state index is 12.3. The lowest BCUT2D eigenvalue weighted by atomic mass is 9.99. The molecule has 2 N–H and O–H groups in total. The molecule has 0 bridgehead atoms. The van der Waals surface area contributed by atoms with Crippen molar-refractivity contribution in [3.63, 3.8) is 0 Å². The highest BCUT2D eigenvalue weighted by Gasteiger charge is 2.37. The van der Waals surface area contributed by atoms with Gasteiger partial charge in [0.05, 0.1) is 5.75 Å². The van der Waals surface area contributed by atoms with Crippen LogP contribution in [0.25, 0.3) is 0 Å². The zero-order valence-corrected chi connectivity index (χ0v) is 13.1. The van der Waals surface area contributed by atoms with Crippen molar-refractivity contribution >= 4 is 10.0 Å². The second-order valence-corrected chi connectivity index (χ2v) is 7.17. The second-order valence-electron chi connectivity index (χ2n) is 5.16. The first kappa shape index (κ1) is 19.7. The van der Waals surface area contributed by atoms with E-state index in [1.807, 2.05) is 13.8 Å². The normalized spacial score (nSPS) is 16.4. The van der Waals surface area contributed by atoms with E-state index < -0.39 is 40.3 Å². The maximum absolute atomic E-state index is 12.3. The molecule has 0 aliphatic heterocycles. The van der Waals surface area contributed by atoms with Crippen LogP contribution >= 0.6 is 0 Å². The average molecular weight is 318 g/mol. The summed E-state index contributed by atoms with van der Waals surface area (Å²) in [5.41, 5.74) is 4.91. The first-order chi connectivity index (χ1) is 9.02. The lowest BCUT2D eigenvalue weighted by Gasteiger charge is -2.39. The van der Waals surface area contributed by atoms with E-state index in [-0.39, 0.29) is 13.1 Å². The van der Waals surface area contributed by atoms with Crippen molar-refractivity contribution in [2.24, 2.45) is 5.73 Å². The third-order valence-corrected chi connectivity index (χ3v) is 5.53. The van der Waals surface area contributed by atoms with Crippen LogP contribution in [0.4, 0.5) is 13.2 Å².